The molecule has 0 aliphatic carbocycles. The molecule has 0 heterocycles. The van der Waals surface area contributed by atoms with Crippen LogP contribution < -0.4 is 9.47 Å². The monoisotopic (exact) mass is 374 g/mol. The summed E-state index contributed by atoms with van der Waals surface area (Å²) in [6, 6.07) is 13.8. The maximum absolute atomic E-state index is 14.1. The molecule has 0 radical (unpaired) electrons. The Kier molecular flexibility index (Phi) is 5.66. The van der Waals surface area contributed by atoms with Gasteiger partial charge in [-0.1, -0.05) is 24.3 Å². The number of ether oxygens (including phenoxy) is 2. The first-order valence-electron chi connectivity index (χ1n) is 8.17. The lowest BCUT2D eigenvalue weighted by molar-refractivity contribution is 0.270. The summed E-state index contributed by atoms with van der Waals surface area (Å²) in [6.07, 6.45) is 0. The van der Waals surface area contributed by atoms with Gasteiger partial charge in [0.15, 0.2) is 11.6 Å². The highest BCUT2D eigenvalue weighted by Crippen LogP contribution is 2.28. The topological polar surface area (TPSA) is 38.7 Å². The van der Waals surface area contributed by atoms with Gasteiger partial charge in [-0.15, -0.1) is 0 Å². The lowest BCUT2D eigenvalue weighted by atomic mass is 10.0. The standard InChI is InChI=1S/C21H17F3O3/c1-26-17-8-9-18(19(22)10-17)13-4-6-16(7-5-13)27-12-15-3-2-14(11-25)20(23)21(15)24/h2-10,25H,11-12H2,1H3. The average molecular weight is 374 g/mol. The van der Waals surface area contributed by atoms with Crippen LogP contribution in [-0.4, -0.2) is 12.2 Å². The second-order valence-corrected chi connectivity index (χ2v) is 5.83. The first-order chi connectivity index (χ1) is 13.0. The van der Waals surface area contributed by atoms with E-state index in [9.17, 15) is 13.2 Å². The van der Waals surface area contributed by atoms with E-state index in [0.29, 0.717) is 22.6 Å². The van der Waals surface area contributed by atoms with Crippen molar-refractivity contribution in [2.45, 2.75) is 13.2 Å². The summed E-state index contributed by atoms with van der Waals surface area (Å²) in [4.78, 5) is 0. The molecule has 0 aromatic heterocycles. The summed E-state index contributed by atoms with van der Waals surface area (Å²) in [7, 11) is 1.46. The largest absolute Gasteiger partial charge is 0.497 e. The molecular weight excluding hydrogens is 357 g/mol. The van der Waals surface area contributed by atoms with Crippen LogP contribution in [0.3, 0.4) is 0 Å². The van der Waals surface area contributed by atoms with Crippen molar-refractivity contribution in [2.24, 2.45) is 0 Å². The predicted molar refractivity (Wildman–Crippen MR) is 95.0 cm³/mol. The average Bonchev–Trinajstić information content (AvgIpc) is 2.69. The van der Waals surface area contributed by atoms with E-state index in [1.165, 1.54) is 25.3 Å². The van der Waals surface area contributed by atoms with Gasteiger partial charge in [0.1, 0.15) is 23.9 Å². The summed E-state index contributed by atoms with van der Waals surface area (Å²) in [5.74, 6) is -1.68. The van der Waals surface area contributed by atoms with Gasteiger partial charge in [-0.05, 0) is 29.8 Å². The molecule has 0 fully saturated rings. The van der Waals surface area contributed by atoms with E-state index in [1.54, 1.807) is 36.4 Å². The molecule has 27 heavy (non-hydrogen) atoms. The summed E-state index contributed by atoms with van der Waals surface area (Å²) in [5.41, 5.74) is 0.985. The van der Waals surface area contributed by atoms with Gasteiger partial charge in [0.25, 0.3) is 0 Å². The molecule has 0 spiro atoms. The Morgan fingerprint density at radius 3 is 2.07 bits per heavy atom. The minimum Gasteiger partial charge on any atom is -0.497 e. The van der Waals surface area contributed by atoms with Crippen LogP contribution in [0.15, 0.2) is 54.6 Å². The number of aliphatic hydroxyl groups is 1. The number of rotatable bonds is 6. The van der Waals surface area contributed by atoms with Crippen molar-refractivity contribution >= 4 is 0 Å². The van der Waals surface area contributed by atoms with Crippen molar-refractivity contribution in [3.05, 3.63) is 83.2 Å². The molecule has 0 aliphatic heterocycles. The fraction of sp³-hybridized carbons (Fsp3) is 0.143. The summed E-state index contributed by atoms with van der Waals surface area (Å²) in [6.45, 7) is -0.752. The van der Waals surface area contributed by atoms with Gasteiger partial charge >= 0.3 is 0 Å². The smallest absolute Gasteiger partial charge is 0.165 e. The highest BCUT2D eigenvalue weighted by molar-refractivity contribution is 5.65. The van der Waals surface area contributed by atoms with Crippen molar-refractivity contribution in [3.63, 3.8) is 0 Å². The minimum absolute atomic E-state index is 0.0370. The van der Waals surface area contributed by atoms with Crippen LogP contribution in [0.4, 0.5) is 13.2 Å². The molecular formula is C21H17F3O3. The third-order valence-electron chi connectivity index (χ3n) is 4.15. The van der Waals surface area contributed by atoms with E-state index >= 15 is 0 Å². The highest BCUT2D eigenvalue weighted by Gasteiger charge is 2.13. The van der Waals surface area contributed by atoms with Crippen LogP contribution in [0.5, 0.6) is 11.5 Å². The quantitative estimate of drug-likeness (QED) is 0.670. The maximum atomic E-state index is 14.1. The number of halogens is 3. The van der Waals surface area contributed by atoms with Gasteiger partial charge in [0, 0.05) is 22.8 Å². The zero-order valence-electron chi connectivity index (χ0n) is 14.5. The second kappa shape index (κ2) is 8.14. The first kappa shape index (κ1) is 18.8. The van der Waals surface area contributed by atoms with Crippen LogP contribution in [0.2, 0.25) is 0 Å². The Labute approximate surface area is 154 Å². The van der Waals surface area contributed by atoms with E-state index < -0.39 is 24.1 Å². The van der Waals surface area contributed by atoms with Crippen molar-refractivity contribution in [2.75, 3.05) is 7.11 Å². The molecule has 3 aromatic rings. The van der Waals surface area contributed by atoms with Gasteiger partial charge in [0.2, 0.25) is 0 Å². The van der Waals surface area contributed by atoms with Crippen LogP contribution in [-0.2, 0) is 13.2 Å². The Bertz CT molecular complexity index is 940. The molecule has 0 unspecified atom stereocenters. The van der Waals surface area contributed by atoms with Gasteiger partial charge in [-0.3, -0.25) is 0 Å². The molecule has 3 nitrogen and oxygen atoms in total. The molecule has 3 rings (SSSR count). The van der Waals surface area contributed by atoms with Gasteiger partial charge in [-0.25, -0.2) is 13.2 Å². The lowest BCUT2D eigenvalue weighted by Crippen LogP contribution is -2.03. The molecule has 0 aliphatic rings. The number of methoxy groups -OCH3 is 1. The zero-order chi connectivity index (χ0) is 19.4. The third kappa shape index (κ3) is 4.06. The SMILES string of the molecule is COc1ccc(-c2ccc(OCc3ccc(CO)c(F)c3F)cc2)c(F)c1. The summed E-state index contributed by atoms with van der Waals surface area (Å²) < 4.78 is 52.2. The zero-order valence-corrected chi connectivity index (χ0v) is 14.5. The molecule has 0 bridgehead atoms. The fourth-order valence-corrected chi connectivity index (χ4v) is 2.61. The number of hydrogen-bond donors (Lipinski definition) is 1. The third-order valence-corrected chi connectivity index (χ3v) is 4.15. The van der Waals surface area contributed by atoms with Gasteiger partial charge in [0.05, 0.1) is 13.7 Å². The van der Waals surface area contributed by atoms with Crippen molar-refractivity contribution in [3.8, 4) is 22.6 Å². The fourth-order valence-electron chi connectivity index (χ4n) is 2.61. The van der Waals surface area contributed by atoms with E-state index in [0.717, 1.165) is 0 Å². The normalized spacial score (nSPS) is 10.7. The maximum Gasteiger partial charge on any atom is 0.165 e. The van der Waals surface area contributed by atoms with E-state index in [4.69, 9.17) is 14.6 Å². The van der Waals surface area contributed by atoms with Crippen LogP contribution >= 0.6 is 0 Å². The van der Waals surface area contributed by atoms with E-state index in [-0.39, 0.29) is 17.7 Å². The van der Waals surface area contributed by atoms with E-state index in [1.807, 2.05) is 0 Å². The Hall–Kier alpha value is -2.99. The van der Waals surface area contributed by atoms with Crippen LogP contribution in [0, 0.1) is 17.5 Å². The summed E-state index contributed by atoms with van der Waals surface area (Å²) >= 11 is 0. The molecule has 140 valence electrons. The molecule has 0 saturated carbocycles. The van der Waals surface area contributed by atoms with Crippen molar-refractivity contribution in [1.82, 2.24) is 0 Å². The van der Waals surface area contributed by atoms with Crippen molar-refractivity contribution < 1.29 is 27.8 Å². The van der Waals surface area contributed by atoms with Crippen LogP contribution in [0.25, 0.3) is 11.1 Å². The Morgan fingerprint density at radius 1 is 0.815 bits per heavy atom. The number of hydrogen-bond acceptors (Lipinski definition) is 3. The lowest BCUT2D eigenvalue weighted by Gasteiger charge is -2.10. The molecule has 1 N–H and O–H groups in total. The number of benzene rings is 3. The highest BCUT2D eigenvalue weighted by atomic mass is 19.2. The second-order valence-electron chi connectivity index (χ2n) is 5.83. The van der Waals surface area contributed by atoms with Gasteiger partial charge in [-0.2, -0.15) is 0 Å². The Morgan fingerprint density at radius 2 is 1.44 bits per heavy atom. The predicted octanol–water partition coefficient (Wildman–Crippen LogP) is 4.85. The molecule has 0 saturated heterocycles. The Balaban J connectivity index is 1.72. The van der Waals surface area contributed by atoms with Crippen molar-refractivity contribution in [1.29, 1.82) is 0 Å². The molecule has 0 atom stereocenters. The van der Waals surface area contributed by atoms with Gasteiger partial charge < -0.3 is 14.6 Å². The number of aliphatic hydroxyl groups excluding tert-OH is 1. The van der Waals surface area contributed by atoms with E-state index in [2.05, 4.69) is 0 Å². The molecule has 3 aromatic carbocycles. The van der Waals surface area contributed by atoms with Crippen LogP contribution in [0.1, 0.15) is 11.1 Å². The first-order valence-corrected chi connectivity index (χ1v) is 8.17. The molecule has 0 amide bonds. The summed E-state index contributed by atoms with van der Waals surface area (Å²) in [5, 5.41) is 8.94. The minimum atomic E-state index is -1.08. The molecule has 6 heteroatoms.